The van der Waals surface area contributed by atoms with Gasteiger partial charge in [0, 0.05) is 17.8 Å². The quantitative estimate of drug-likeness (QED) is 0.479. The zero-order valence-electron chi connectivity index (χ0n) is 20.7. The summed E-state index contributed by atoms with van der Waals surface area (Å²) >= 11 is 0. The first-order chi connectivity index (χ1) is 17.3. The van der Waals surface area contributed by atoms with E-state index >= 15 is 0 Å². The fourth-order valence-electron chi connectivity index (χ4n) is 4.85. The van der Waals surface area contributed by atoms with Gasteiger partial charge in [0.1, 0.15) is 18.1 Å². The van der Waals surface area contributed by atoms with Gasteiger partial charge in [0.2, 0.25) is 0 Å². The van der Waals surface area contributed by atoms with Crippen LogP contribution in [0.15, 0.2) is 30.7 Å². The van der Waals surface area contributed by atoms with Gasteiger partial charge in [-0.3, -0.25) is 9.48 Å². The molecule has 0 N–H and O–H groups in total. The van der Waals surface area contributed by atoms with Crippen molar-refractivity contribution in [3.63, 3.8) is 0 Å². The number of ketones is 1. The average Bonchev–Trinajstić information content (AvgIpc) is 3.36. The second kappa shape index (κ2) is 9.93. The molecule has 0 unspecified atom stereocenters. The molecule has 3 aromatic rings. The van der Waals surface area contributed by atoms with Crippen molar-refractivity contribution in [2.24, 2.45) is 0 Å². The predicted molar refractivity (Wildman–Crippen MR) is 131 cm³/mol. The molecule has 1 saturated heterocycles. The first kappa shape index (κ1) is 24.3. The Labute approximate surface area is 208 Å². The molecule has 190 valence electrons. The molecule has 0 aliphatic carbocycles. The SMILES string of the molecule is CC(C)N1CCOc2c(F)cc(-c3nc(CC(=O)c4cnn(C5CCN(C)CC5)c4)ncc3F)cc21. The highest BCUT2D eigenvalue weighted by atomic mass is 19.1. The number of aromatic nitrogens is 4. The lowest BCUT2D eigenvalue weighted by Crippen LogP contribution is -2.38. The fraction of sp³-hybridized carbons (Fsp3) is 0.462. The average molecular weight is 497 g/mol. The molecule has 4 heterocycles. The number of fused-ring (bicyclic) bond motifs is 1. The van der Waals surface area contributed by atoms with Crippen LogP contribution in [0, 0.1) is 11.6 Å². The maximum atomic E-state index is 14.9. The second-order valence-corrected chi connectivity index (χ2v) is 9.77. The molecular weight excluding hydrogens is 466 g/mol. The molecule has 8 nitrogen and oxygen atoms in total. The van der Waals surface area contributed by atoms with E-state index in [2.05, 4.69) is 27.0 Å². The van der Waals surface area contributed by atoms with Gasteiger partial charge in [-0.2, -0.15) is 5.10 Å². The number of Topliss-reactive ketones (excluding diaryl/α,β-unsaturated/α-hetero) is 1. The molecule has 2 aliphatic heterocycles. The third-order valence-corrected chi connectivity index (χ3v) is 6.91. The van der Waals surface area contributed by atoms with Crippen molar-refractivity contribution in [2.45, 2.75) is 45.2 Å². The van der Waals surface area contributed by atoms with Gasteiger partial charge in [-0.05, 0) is 59.0 Å². The Bertz CT molecular complexity index is 1270. The van der Waals surface area contributed by atoms with E-state index in [9.17, 15) is 13.6 Å². The third kappa shape index (κ3) is 4.82. The number of halogens is 2. The van der Waals surface area contributed by atoms with Crippen LogP contribution in [-0.2, 0) is 6.42 Å². The van der Waals surface area contributed by atoms with E-state index in [1.165, 1.54) is 6.07 Å². The summed E-state index contributed by atoms with van der Waals surface area (Å²) in [7, 11) is 2.10. The van der Waals surface area contributed by atoms with E-state index < -0.39 is 11.6 Å². The first-order valence-electron chi connectivity index (χ1n) is 12.3. The molecule has 0 saturated carbocycles. The van der Waals surface area contributed by atoms with Crippen LogP contribution in [0.25, 0.3) is 11.3 Å². The molecule has 2 aliphatic rings. The number of anilines is 1. The molecule has 2 aromatic heterocycles. The molecule has 0 radical (unpaired) electrons. The van der Waals surface area contributed by atoms with Crippen LogP contribution in [-0.4, -0.2) is 69.8 Å². The summed E-state index contributed by atoms with van der Waals surface area (Å²) in [5.74, 6) is -1.15. The molecule has 36 heavy (non-hydrogen) atoms. The Morgan fingerprint density at radius 2 is 1.92 bits per heavy atom. The van der Waals surface area contributed by atoms with Gasteiger partial charge in [-0.1, -0.05) is 0 Å². The molecule has 0 atom stereocenters. The number of nitrogens with zero attached hydrogens (tertiary/aromatic N) is 6. The predicted octanol–water partition coefficient (Wildman–Crippen LogP) is 3.92. The van der Waals surface area contributed by atoms with Gasteiger partial charge < -0.3 is 14.5 Å². The number of carbonyl (C=O) groups is 1. The Morgan fingerprint density at radius 1 is 1.14 bits per heavy atom. The molecule has 5 rings (SSSR count). The zero-order valence-corrected chi connectivity index (χ0v) is 20.7. The summed E-state index contributed by atoms with van der Waals surface area (Å²) in [6.07, 6.45) is 6.20. The number of carbonyl (C=O) groups excluding carboxylic acids is 1. The van der Waals surface area contributed by atoms with Crippen molar-refractivity contribution in [1.82, 2.24) is 24.6 Å². The van der Waals surface area contributed by atoms with E-state index in [1.807, 2.05) is 23.4 Å². The molecule has 1 fully saturated rings. The van der Waals surface area contributed by atoms with Crippen molar-refractivity contribution in [3.05, 3.63) is 53.7 Å². The number of hydrogen-bond donors (Lipinski definition) is 0. The van der Waals surface area contributed by atoms with Crippen LogP contribution in [0.1, 0.15) is 48.9 Å². The summed E-state index contributed by atoms with van der Waals surface area (Å²) in [4.78, 5) is 25.6. The van der Waals surface area contributed by atoms with E-state index in [0.717, 1.165) is 32.1 Å². The summed E-state index contributed by atoms with van der Waals surface area (Å²) in [5, 5.41) is 4.40. The van der Waals surface area contributed by atoms with Gasteiger partial charge in [0.25, 0.3) is 0 Å². The first-order valence-corrected chi connectivity index (χ1v) is 12.3. The summed E-state index contributed by atoms with van der Waals surface area (Å²) in [5.41, 5.74) is 1.24. The zero-order chi connectivity index (χ0) is 25.4. The lowest BCUT2D eigenvalue weighted by molar-refractivity contribution is 0.0990. The summed E-state index contributed by atoms with van der Waals surface area (Å²) < 4.78 is 37.1. The number of benzene rings is 1. The number of piperidine rings is 1. The summed E-state index contributed by atoms with van der Waals surface area (Å²) in [6, 6.07) is 3.27. The van der Waals surface area contributed by atoms with Crippen molar-refractivity contribution in [2.75, 3.05) is 38.2 Å². The van der Waals surface area contributed by atoms with Gasteiger partial charge in [0.05, 0.1) is 42.7 Å². The Morgan fingerprint density at radius 3 is 2.67 bits per heavy atom. The smallest absolute Gasteiger partial charge is 0.178 e. The number of likely N-dealkylation sites (tertiary alicyclic amines) is 1. The number of rotatable bonds is 6. The highest BCUT2D eigenvalue weighted by molar-refractivity contribution is 5.96. The lowest BCUT2D eigenvalue weighted by Gasteiger charge is -2.34. The van der Waals surface area contributed by atoms with Crippen molar-refractivity contribution < 1.29 is 18.3 Å². The van der Waals surface area contributed by atoms with Gasteiger partial charge in [0.15, 0.2) is 23.2 Å². The van der Waals surface area contributed by atoms with Crippen LogP contribution in [0.2, 0.25) is 0 Å². The second-order valence-electron chi connectivity index (χ2n) is 9.77. The highest BCUT2D eigenvalue weighted by Crippen LogP contribution is 2.39. The van der Waals surface area contributed by atoms with Crippen LogP contribution in [0.4, 0.5) is 14.5 Å². The fourth-order valence-corrected chi connectivity index (χ4v) is 4.85. The standard InChI is InChI=1S/C26H30F2N6O2/c1-16(2)33-8-9-36-26-20(27)10-17(11-22(26)33)25-21(28)14-29-24(31-25)12-23(35)18-13-30-34(15-18)19-4-6-32(3)7-5-19/h10-11,13-16,19H,4-9,12H2,1-3H3. The van der Waals surface area contributed by atoms with Gasteiger partial charge in [-0.25, -0.2) is 18.7 Å². The topological polar surface area (TPSA) is 76.4 Å². The molecular formula is C26H30F2N6O2. The van der Waals surface area contributed by atoms with Crippen molar-refractivity contribution in [1.29, 1.82) is 0 Å². The van der Waals surface area contributed by atoms with Crippen LogP contribution in [0.3, 0.4) is 0 Å². The molecule has 10 heteroatoms. The van der Waals surface area contributed by atoms with Crippen LogP contribution >= 0.6 is 0 Å². The minimum Gasteiger partial charge on any atom is -0.486 e. The minimum atomic E-state index is -0.687. The van der Waals surface area contributed by atoms with E-state index in [1.54, 1.807) is 18.5 Å². The lowest BCUT2D eigenvalue weighted by atomic mass is 10.1. The minimum absolute atomic E-state index is 0.0502. The normalized spacial score (nSPS) is 16.8. The van der Waals surface area contributed by atoms with Crippen molar-refractivity contribution in [3.8, 4) is 17.0 Å². The maximum Gasteiger partial charge on any atom is 0.178 e. The largest absolute Gasteiger partial charge is 0.486 e. The molecule has 0 bridgehead atoms. The highest BCUT2D eigenvalue weighted by Gasteiger charge is 2.26. The van der Waals surface area contributed by atoms with Crippen LogP contribution < -0.4 is 9.64 Å². The molecule has 0 amide bonds. The van der Waals surface area contributed by atoms with E-state index in [4.69, 9.17) is 4.74 Å². The third-order valence-electron chi connectivity index (χ3n) is 6.91. The Hall–Kier alpha value is -3.40. The van der Waals surface area contributed by atoms with Gasteiger partial charge in [-0.15, -0.1) is 0 Å². The molecule has 1 aromatic carbocycles. The number of hydrogen-bond acceptors (Lipinski definition) is 7. The van der Waals surface area contributed by atoms with Crippen molar-refractivity contribution >= 4 is 11.5 Å². The number of ether oxygens (including phenoxy) is 1. The Balaban J connectivity index is 1.38. The summed E-state index contributed by atoms with van der Waals surface area (Å²) in [6.45, 7) is 6.97. The van der Waals surface area contributed by atoms with E-state index in [-0.39, 0.29) is 47.1 Å². The molecule has 0 spiro atoms. The van der Waals surface area contributed by atoms with Gasteiger partial charge >= 0.3 is 0 Å². The van der Waals surface area contributed by atoms with E-state index in [0.29, 0.717) is 24.4 Å². The Kier molecular flexibility index (Phi) is 6.70. The maximum absolute atomic E-state index is 14.9. The monoisotopic (exact) mass is 496 g/mol. The van der Waals surface area contributed by atoms with Crippen LogP contribution in [0.5, 0.6) is 5.75 Å².